The number of nitrogens with one attached hydrogen (secondary N) is 1. The largest absolute Gasteiger partial charge is 0.495 e. The Morgan fingerprint density at radius 2 is 1.83 bits per heavy atom. The number of methoxy groups -OCH3 is 1. The number of para-hydroxylation sites is 2. The van der Waals surface area contributed by atoms with Crippen LogP contribution in [0.3, 0.4) is 0 Å². The van der Waals surface area contributed by atoms with Crippen molar-refractivity contribution in [3.05, 3.63) is 71.8 Å². The van der Waals surface area contributed by atoms with Crippen molar-refractivity contribution in [2.24, 2.45) is 0 Å². The molecule has 0 aromatic heterocycles. The third-order valence-corrected chi connectivity index (χ3v) is 4.40. The fraction of sp³-hybridized carbons (Fsp3) is 0.167. The van der Waals surface area contributed by atoms with Gasteiger partial charge in [0.05, 0.1) is 19.4 Å². The number of nitriles is 1. The van der Waals surface area contributed by atoms with Gasteiger partial charge in [-0.25, -0.2) is 0 Å². The van der Waals surface area contributed by atoms with E-state index in [4.69, 9.17) is 9.47 Å². The molecule has 0 fully saturated rings. The van der Waals surface area contributed by atoms with Gasteiger partial charge >= 0.3 is 0 Å². The SMILES string of the molecule is CCCOc1ccc2ccccc2c1/C=C(/C#N)C(=O)Nc1ccccc1OC. The molecule has 0 unspecified atom stereocenters. The van der Waals surface area contributed by atoms with Crippen LogP contribution in [0.1, 0.15) is 18.9 Å². The number of amides is 1. The van der Waals surface area contributed by atoms with E-state index in [1.165, 1.54) is 7.11 Å². The number of rotatable bonds is 7. The molecule has 0 saturated carbocycles. The molecule has 5 nitrogen and oxygen atoms in total. The van der Waals surface area contributed by atoms with Crippen molar-refractivity contribution in [1.82, 2.24) is 0 Å². The molecule has 3 aromatic rings. The van der Waals surface area contributed by atoms with Gasteiger partial charge in [0.15, 0.2) is 0 Å². The molecular formula is C24H22N2O3. The molecular weight excluding hydrogens is 364 g/mol. The fourth-order valence-electron chi connectivity index (χ4n) is 2.99. The number of hydrogen-bond acceptors (Lipinski definition) is 4. The summed E-state index contributed by atoms with van der Waals surface area (Å²) in [6.45, 7) is 2.58. The summed E-state index contributed by atoms with van der Waals surface area (Å²) >= 11 is 0. The van der Waals surface area contributed by atoms with Gasteiger partial charge in [0.25, 0.3) is 5.91 Å². The number of ether oxygens (including phenoxy) is 2. The van der Waals surface area contributed by atoms with E-state index in [1.807, 2.05) is 55.5 Å². The predicted octanol–water partition coefficient (Wildman–Crippen LogP) is 5.18. The first-order chi connectivity index (χ1) is 14.2. The van der Waals surface area contributed by atoms with Crippen molar-refractivity contribution >= 4 is 28.4 Å². The fourth-order valence-corrected chi connectivity index (χ4v) is 2.99. The van der Waals surface area contributed by atoms with E-state index in [0.717, 1.165) is 17.2 Å². The minimum atomic E-state index is -0.508. The van der Waals surface area contributed by atoms with Crippen LogP contribution >= 0.6 is 0 Å². The smallest absolute Gasteiger partial charge is 0.266 e. The zero-order valence-electron chi connectivity index (χ0n) is 16.4. The van der Waals surface area contributed by atoms with E-state index in [-0.39, 0.29) is 5.57 Å². The van der Waals surface area contributed by atoms with E-state index in [9.17, 15) is 10.1 Å². The molecule has 0 heterocycles. The first-order valence-corrected chi connectivity index (χ1v) is 9.38. The van der Waals surface area contributed by atoms with Crippen LogP contribution < -0.4 is 14.8 Å². The Hall–Kier alpha value is -3.78. The highest BCUT2D eigenvalue weighted by Crippen LogP contribution is 2.31. The average Bonchev–Trinajstić information content (AvgIpc) is 2.76. The third-order valence-electron chi connectivity index (χ3n) is 4.40. The Morgan fingerprint density at radius 1 is 1.07 bits per heavy atom. The maximum absolute atomic E-state index is 12.8. The van der Waals surface area contributed by atoms with Gasteiger partial charge in [-0.05, 0) is 41.5 Å². The number of nitrogens with zero attached hydrogens (tertiary/aromatic N) is 1. The third kappa shape index (κ3) is 4.56. The van der Waals surface area contributed by atoms with Crippen molar-refractivity contribution in [2.75, 3.05) is 19.0 Å². The summed E-state index contributed by atoms with van der Waals surface area (Å²) in [6.07, 6.45) is 2.44. The van der Waals surface area contributed by atoms with Gasteiger partial charge < -0.3 is 14.8 Å². The quantitative estimate of drug-likeness (QED) is 0.448. The van der Waals surface area contributed by atoms with Gasteiger partial charge in [-0.1, -0.05) is 49.4 Å². The lowest BCUT2D eigenvalue weighted by Crippen LogP contribution is -2.14. The molecule has 0 atom stereocenters. The lowest BCUT2D eigenvalue weighted by Gasteiger charge is -2.12. The monoisotopic (exact) mass is 386 g/mol. The van der Waals surface area contributed by atoms with Gasteiger partial charge in [0, 0.05) is 5.56 Å². The van der Waals surface area contributed by atoms with Crippen LogP contribution in [-0.4, -0.2) is 19.6 Å². The average molecular weight is 386 g/mol. The first-order valence-electron chi connectivity index (χ1n) is 9.38. The van der Waals surface area contributed by atoms with Gasteiger partial charge in [0.2, 0.25) is 0 Å². The number of carbonyl (C=O) groups excluding carboxylic acids is 1. The lowest BCUT2D eigenvalue weighted by atomic mass is 10.0. The van der Waals surface area contributed by atoms with Crippen LogP contribution in [-0.2, 0) is 4.79 Å². The topological polar surface area (TPSA) is 71.3 Å². The summed E-state index contributed by atoms with van der Waals surface area (Å²) in [4.78, 5) is 12.8. The molecule has 146 valence electrons. The van der Waals surface area contributed by atoms with Crippen molar-refractivity contribution in [3.63, 3.8) is 0 Å². The molecule has 1 N–H and O–H groups in total. The molecule has 1 amide bonds. The Bertz CT molecular complexity index is 1100. The molecule has 3 aromatic carbocycles. The number of hydrogen-bond donors (Lipinski definition) is 1. The van der Waals surface area contributed by atoms with Gasteiger partial charge in [0.1, 0.15) is 23.1 Å². The summed E-state index contributed by atoms with van der Waals surface area (Å²) in [7, 11) is 1.53. The Kier molecular flexibility index (Phi) is 6.49. The minimum absolute atomic E-state index is 0.0198. The van der Waals surface area contributed by atoms with Crippen LogP contribution in [0, 0.1) is 11.3 Å². The van der Waals surface area contributed by atoms with Crippen molar-refractivity contribution in [3.8, 4) is 17.6 Å². The van der Waals surface area contributed by atoms with E-state index >= 15 is 0 Å². The van der Waals surface area contributed by atoms with Gasteiger partial charge in [-0.15, -0.1) is 0 Å². The second-order valence-electron chi connectivity index (χ2n) is 6.37. The van der Waals surface area contributed by atoms with E-state index < -0.39 is 5.91 Å². The number of fused-ring (bicyclic) bond motifs is 1. The van der Waals surface area contributed by atoms with E-state index in [1.54, 1.807) is 24.3 Å². The second-order valence-corrected chi connectivity index (χ2v) is 6.37. The highest BCUT2D eigenvalue weighted by atomic mass is 16.5. The zero-order chi connectivity index (χ0) is 20.6. The Labute approximate surface area is 170 Å². The molecule has 0 aliphatic rings. The number of carbonyl (C=O) groups is 1. The molecule has 0 saturated heterocycles. The van der Waals surface area contributed by atoms with Gasteiger partial charge in [-0.2, -0.15) is 5.26 Å². The molecule has 0 spiro atoms. The maximum Gasteiger partial charge on any atom is 0.266 e. The molecule has 0 radical (unpaired) electrons. The zero-order valence-corrected chi connectivity index (χ0v) is 16.4. The standard InChI is InChI=1S/C24H22N2O3/c1-3-14-29-22-13-12-17-8-4-5-9-19(17)20(22)15-18(16-25)24(27)26-21-10-6-7-11-23(21)28-2/h4-13,15H,3,14H2,1-2H3,(H,26,27)/b18-15-. The van der Waals surface area contributed by atoms with Crippen LogP contribution in [0.4, 0.5) is 5.69 Å². The van der Waals surface area contributed by atoms with E-state index in [2.05, 4.69) is 5.32 Å². The molecule has 29 heavy (non-hydrogen) atoms. The molecule has 0 bridgehead atoms. The van der Waals surface area contributed by atoms with Crippen LogP contribution in [0.15, 0.2) is 66.2 Å². The van der Waals surface area contributed by atoms with Crippen molar-refractivity contribution in [1.29, 1.82) is 5.26 Å². The highest BCUT2D eigenvalue weighted by Gasteiger charge is 2.15. The summed E-state index contributed by atoms with van der Waals surface area (Å²) in [5, 5.41) is 14.3. The van der Waals surface area contributed by atoms with Crippen LogP contribution in [0.5, 0.6) is 11.5 Å². The summed E-state index contributed by atoms with van der Waals surface area (Å²) in [5.74, 6) is 0.657. The summed E-state index contributed by atoms with van der Waals surface area (Å²) in [6, 6.07) is 20.7. The Balaban J connectivity index is 2.03. The minimum Gasteiger partial charge on any atom is -0.495 e. The second kappa shape index (κ2) is 9.43. The summed E-state index contributed by atoms with van der Waals surface area (Å²) < 4.78 is 11.1. The lowest BCUT2D eigenvalue weighted by molar-refractivity contribution is -0.112. The number of benzene rings is 3. The van der Waals surface area contributed by atoms with Crippen molar-refractivity contribution < 1.29 is 14.3 Å². The Morgan fingerprint density at radius 3 is 2.59 bits per heavy atom. The molecule has 5 heteroatoms. The first kappa shape index (κ1) is 20.0. The molecule has 0 aliphatic heterocycles. The normalized spacial score (nSPS) is 11.0. The van der Waals surface area contributed by atoms with Crippen LogP contribution in [0.2, 0.25) is 0 Å². The maximum atomic E-state index is 12.8. The van der Waals surface area contributed by atoms with E-state index in [0.29, 0.717) is 29.4 Å². The molecule has 0 aliphatic carbocycles. The summed E-state index contributed by atoms with van der Waals surface area (Å²) in [5.41, 5.74) is 1.19. The highest BCUT2D eigenvalue weighted by molar-refractivity contribution is 6.11. The van der Waals surface area contributed by atoms with Gasteiger partial charge in [-0.3, -0.25) is 4.79 Å². The number of anilines is 1. The van der Waals surface area contributed by atoms with Crippen LogP contribution in [0.25, 0.3) is 16.8 Å². The van der Waals surface area contributed by atoms with Crippen molar-refractivity contribution in [2.45, 2.75) is 13.3 Å². The predicted molar refractivity (Wildman–Crippen MR) is 115 cm³/mol. The molecule has 3 rings (SSSR count).